The normalized spacial score (nSPS) is 18.9. The smallest absolute Gasteiger partial charge is 0.219 e. The van der Waals surface area contributed by atoms with E-state index in [1.165, 1.54) is 12.1 Å². The molecule has 24 heavy (non-hydrogen) atoms. The molecule has 130 valence electrons. The summed E-state index contributed by atoms with van der Waals surface area (Å²) in [6, 6.07) is 4.98. The van der Waals surface area contributed by atoms with Crippen molar-refractivity contribution in [1.82, 2.24) is 19.8 Å². The maximum Gasteiger partial charge on any atom is 0.219 e. The van der Waals surface area contributed by atoms with Gasteiger partial charge in [-0.2, -0.15) is 0 Å². The highest BCUT2D eigenvalue weighted by Crippen LogP contribution is 2.20. The number of aromatic nitrogens is 2. The molecule has 1 aliphatic heterocycles. The lowest BCUT2D eigenvalue weighted by Crippen LogP contribution is -2.47. The minimum Gasteiger partial charge on any atom is -0.352 e. The Morgan fingerprint density at radius 2 is 2.25 bits per heavy atom. The van der Waals surface area contributed by atoms with E-state index in [0.29, 0.717) is 11.9 Å². The third-order valence-corrected chi connectivity index (χ3v) is 4.66. The van der Waals surface area contributed by atoms with Crippen LogP contribution in [0.2, 0.25) is 0 Å². The largest absolute Gasteiger partial charge is 0.352 e. The minimum atomic E-state index is -0.255. The number of piperidine rings is 1. The van der Waals surface area contributed by atoms with Gasteiger partial charge in [0, 0.05) is 31.6 Å². The van der Waals surface area contributed by atoms with Crippen molar-refractivity contribution in [3.63, 3.8) is 0 Å². The Labute approximate surface area is 141 Å². The highest BCUT2D eigenvalue weighted by molar-refractivity contribution is 5.76. The molecule has 0 spiro atoms. The van der Waals surface area contributed by atoms with E-state index in [9.17, 15) is 9.18 Å². The molecule has 1 N–H and O–H groups in total. The van der Waals surface area contributed by atoms with Crippen molar-refractivity contribution in [2.75, 3.05) is 13.1 Å². The summed E-state index contributed by atoms with van der Waals surface area (Å²) in [5.74, 6) is 0.814. The summed E-state index contributed by atoms with van der Waals surface area (Å²) >= 11 is 0. The third kappa shape index (κ3) is 3.59. The Balaban J connectivity index is 1.75. The van der Waals surface area contributed by atoms with Crippen LogP contribution < -0.4 is 5.32 Å². The van der Waals surface area contributed by atoms with Gasteiger partial charge in [0.25, 0.3) is 0 Å². The molecule has 3 rings (SSSR count). The fraction of sp³-hybridized carbons (Fsp3) is 0.556. The van der Waals surface area contributed by atoms with Gasteiger partial charge in [0.15, 0.2) is 0 Å². The number of aryl methyl sites for hydroxylation is 1. The Morgan fingerprint density at radius 1 is 1.42 bits per heavy atom. The topological polar surface area (TPSA) is 50.2 Å². The van der Waals surface area contributed by atoms with E-state index in [2.05, 4.69) is 26.7 Å². The average Bonchev–Trinajstić information content (AvgIpc) is 2.90. The van der Waals surface area contributed by atoms with Gasteiger partial charge in [-0.3, -0.25) is 9.69 Å². The SMILES string of the molecule is CCC(=O)N[C@@H]1CCCN(Cc2nc3cc(F)ccc3n2CC)C1. The van der Waals surface area contributed by atoms with Crippen LogP contribution in [0, 0.1) is 5.82 Å². The number of fused-ring (bicyclic) bond motifs is 1. The predicted molar refractivity (Wildman–Crippen MR) is 92.1 cm³/mol. The van der Waals surface area contributed by atoms with Crippen LogP contribution >= 0.6 is 0 Å². The fourth-order valence-corrected chi connectivity index (χ4v) is 3.47. The second kappa shape index (κ2) is 7.30. The lowest BCUT2D eigenvalue weighted by atomic mass is 10.1. The van der Waals surface area contributed by atoms with Crippen molar-refractivity contribution < 1.29 is 9.18 Å². The molecule has 0 radical (unpaired) electrons. The Morgan fingerprint density at radius 3 is 3.00 bits per heavy atom. The molecular formula is C18H25FN4O. The summed E-state index contributed by atoms with van der Waals surface area (Å²) in [6.45, 7) is 7.32. The summed E-state index contributed by atoms with van der Waals surface area (Å²) in [5, 5.41) is 3.09. The summed E-state index contributed by atoms with van der Waals surface area (Å²) in [6.07, 6.45) is 2.61. The number of carbonyl (C=O) groups is 1. The van der Waals surface area contributed by atoms with Crippen molar-refractivity contribution in [3.05, 3.63) is 29.8 Å². The van der Waals surface area contributed by atoms with Gasteiger partial charge in [0.1, 0.15) is 11.6 Å². The number of benzene rings is 1. The molecule has 0 saturated carbocycles. The zero-order valence-electron chi connectivity index (χ0n) is 14.4. The maximum atomic E-state index is 13.4. The zero-order valence-corrected chi connectivity index (χ0v) is 14.4. The number of amides is 1. The van der Waals surface area contributed by atoms with Gasteiger partial charge in [0.05, 0.1) is 17.6 Å². The number of nitrogens with zero attached hydrogens (tertiary/aromatic N) is 3. The molecule has 1 aliphatic rings. The van der Waals surface area contributed by atoms with E-state index in [0.717, 1.165) is 50.4 Å². The van der Waals surface area contributed by atoms with Gasteiger partial charge in [-0.25, -0.2) is 9.37 Å². The molecule has 1 amide bonds. The van der Waals surface area contributed by atoms with Gasteiger partial charge >= 0.3 is 0 Å². The van der Waals surface area contributed by atoms with E-state index in [-0.39, 0.29) is 17.8 Å². The van der Waals surface area contributed by atoms with Crippen LogP contribution in [-0.2, 0) is 17.9 Å². The summed E-state index contributed by atoms with van der Waals surface area (Å²) in [5.41, 5.74) is 1.68. The molecule has 0 aliphatic carbocycles. The van der Waals surface area contributed by atoms with Crippen LogP contribution in [0.15, 0.2) is 18.2 Å². The second-order valence-electron chi connectivity index (χ2n) is 6.40. The molecule has 6 heteroatoms. The number of rotatable bonds is 5. The third-order valence-electron chi connectivity index (χ3n) is 4.66. The number of carbonyl (C=O) groups excluding carboxylic acids is 1. The highest BCUT2D eigenvalue weighted by Gasteiger charge is 2.22. The first kappa shape index (κ1) is 16.9. The number of likely N-dealkylation sites (tertiary alicyclic amines) is 1. The van der Waals surface area contributed by atoms with Crippen molar-refractivity contribution in [2.45, 2.75) is 52.2 Å². The average molecular weight is 332 g/mol. The van der Waals surface area contributed by atoms with E-state index in [1.54, 1.807) is 6.07 Å². The van der Waals surface area contributed by atoms with Gasteiger partial charge in [-0.1, -0.05) is 6.92 Å². The van der Waals surface area contributed by atoms with E-state index < -0.39 is 0 Å². The Kier molecular flexibility index (Phi) is 5.14. The van der Waals surface area contributed by atoms with E-state index in [4.69, 9.17) is 0 Å². The molecule has 2 heterocycles. The minimum absolute atomic E-state index is 0.109. The quantitative estimate of drug-likeness (QED) is 0.916. The monoisotopic (exact) mass is 332 g/mol. The predicted octanol–water partition coefficient (Wildman–Crippen LogP) is 2.69. The van der Waals surface area contributed by atoms with Crippen LogP contribution in [-0.4, -0.2) is 39.5 Å². The molecule has 1 aromatic heterocycles. The standard InChI is InChI=1S/C18H25FN4O/c1-3-18(24)20-14-6-5-9-22(11-14)12-17-21-15-10-13(19)7-8-16(15)23(17)4-2/h7-8,10,14H,3-6,9,11-12H2,1-2H3,(H,20,24)/t14-/m1/s1. The van der Waals surface area contributed by atoms with Gasteiger partial charge in [-0.05, 0) is 38.4 Å². The number of nitrogens with one attached hydrogen (secondary N) is 1. The molecule has 1 aromatic carbocycles. The number of hydrogen-bond acceptors (Lipinski definition) is 3. The number of halogens is 1. The molecule has 0 bridgehead atoms. The van der Waals surface area contributed by atoms with E-state index >= 15 is 0 Å². The fourth-order valence-electron chi connectivity index (χ4n) is 3.47. The zero-order chi connectivity index (χ0) is 17.1. The number of imidazole rings is 1. The summed E-state index contributed by atoms with van der Waals surface area (Å²) in [4.78, 5) is 18.6. The molecule has 1 fully saturated rings. The van der Waals surface area contributed by atoms with Gasteiger partial charge in [0.2, 0.25) is 5.91 Å². The lowest BCUT2D eigenvalue weighted by Gasteiger charge is -2.32. The van der Waals surface area contributed by atoms with Crippen LogP contribution in [0.25, 0.3) is 11.0 Å². The highest BCUT2D eigenvalue weighted by atomic mass is 19.1. The van der Waals surface area contributed by atoms with Crippen molar-refractivity contribution in [3.8, 4) is 0 Å². The summed E-state index contributed by atoms with van der Waals surface area (Å²) < 4.78 is 15.6. The molecule has 1 saturated heterocycles. The first-order valence-corrected chi connectivity index (χ1v) is 8.77. The first-order valence-electron chi connectivity index (χ1n) is 8.77. The van der Waals surface area contributed by atoms with Gasteiger partial charge < -0.3 is 9.88 Å². The molecule has 5 nitrogen and oxygen atoms in total. The molecule has 0 unspecified atom stereocenters. The lowest BCUT2D eigenvalue weighted by molar-refractivity contribution is -0.121. The Hall–Kier alpha value is -1.95. The van der Waals surface area contributed by atoms with Crippen LogP contribution in [0.5, 0.6) is 0 Å². The second-order valence-corrected chi connectivity index (χ2v) is 6.40. The van der Waals surface area contributed by atoms with Crippen LogP contribution in [0.3, 0.4) is 0 Å². The van der Waals surface area contributed by atoms with Crippen LogP contribution in [0.4, 0.5) is 4.39 Å². The maximum absolute atomic E-state index is 13.4. The van der Waals surface area contributed by atoms with Crippen molar-refractivity contribution in [1.29, 1.82) is 0 Å². The molecular weight excluding hydrogens is 307 g/mol. The van der Waals surface area contributed by atoms with E-state index in [1.807, 2.05) is 6.92 Å². The molecule has 1 atom stereocenters. The van der Waals surface area contributed by atoms with Crippen LogP contribution in [0.1, 0.15) is 38.9 Å². The molecule has 2 aromatic rings. The van der Waals surface area contributed by atoms with Gasteiger partial charge in [-0.15, -0.1) is 0 Å². The number of hydrogen-bond donors (Lipinski definition) is 1. The summed E-state index contributed by atoms with van der Waals surface area (Å²) in [7, 11) is 0. The first-order chi connectivity index (χ1) is 11.6. The van der Waals surface area contributed by atoms with Crippen molar-refractivity contribution in [2.24, 2.45) is 0 Å². The Bertz CT molecular complexity index is 727. The van der Waals surface area contributed by atoms with Crippen molar-refractivity contribution >= 4 is 16.9 Å².